The maximum atomic E-state index is 11.1. The molecule has 2 aromatic rings. The number of rotatable bonds is 3. The first-order valence-electron chi connectivity index (χ1n) is 4.93. The molecule has 0 bridgehead atoms. The first-order valence-corrected chi connectivity index (χ1v) is 4.93. The lowest BCUT2D eigenvalue weighted by molar-refractivity contribution is 0.0694. The first-order chi connectivity index (χ1) is 8.16. The molecule has 1 heterocycles. The SMILES string of the molecule is Cc1ccc(Oc2cncnc2)c(C(=O)O)c1. The van der Waals surface area contributed by atoms with Gasteiger partial charge in [0.15, 0.2) is 5.75 Å². The van der Waals surface area contributed by atoms with Gasteiger partial charge in [0.1, 0.15) is 17.6 Å². The van der Waals surface area contributed by atoms with Crippen LogP contribution in [0.2, 0.25) is 0 Å². The van der Waals surface area contributed by atoms with Crippen LogP contribution in [0.25, 0.3) is 0 Å². The Morgan fingerprint density at radius 2 is 2.00 bits per heavy atom. The van der Waals surface area contributed by atoms with E-state index in [1.807, 2.05) is 6.92 Å². The Balaban J connectivity index is 2.36. The molecule has 5 heteroatoms. The molecule has 1 aromatic carbocycles. The molecular formula is C12H10N2O3. The second-order valence-corrected chi connectivity index (χ2v) is 3.48. The Bertz CT molecular complexity index is 541. The van der Waals surface area contributed by atoms with Crippen molar-refractivity contribution in [3.8, 4) is 11.5 Å². The van der Waals surface area contributed by atoms with E-state index >= 15 is 0 Å². The van der Waals surface area contributed by atoms with Gasteiger partial charge in [-0.05, 0) is 19.1 Å². The number of benzene rings is 1. The number of aryl methyl sites for hydroxylation is 1. The van der Waals surface area contributed by atoms with Crippen molar-refractivity contribution >= 4 is 5.97 Å². The van der Waals surface area contributed by atoms with Crippen LogP contribution in [0.5, 0.6) is 11.5 Å². The number of nitrogens with zero attached hydrogens (tertiary/aromatic N) is 2. The van der Waals surface area contributed by atoms with Gasteiger partial charge >= 0.3 is 5.97 Å². The maximum Gasteiger partial charge on any atom is 0.339 e. The van der Waals surface area contributed by atoms with E-state index < -0.39 is 5.97 Å². The predicted molar refractivity (Wildman–Crippen MR) is 60.2 cm³/mol. The molecule has 0 radical (unpaired) electrons. The van der Waals surface area contributed by atoms with Crippen molar-refractivity contribution in [1.82, 2.24) is 9.97 Å². The van der Waals surface area contributed by atoms with Gasteiger partial charge in [0.05, 0.1) is 12.4 Å². The monoisotopic (exact) mass is 230 g/mol. The third-order valence-electron chi connectivity index (χ3n) is 2.13. The normalized spacial score (nSPS) is 9.94. The molecule has 1 N–H and O–H groups in total. The van der Waals surface area contributed by atoms with Crippen molar-refractivity contribution in [2.45, 2.75) is 6.92 Å². The summed E-state index contributed by atoms with van der Waals surface area (Å²) in [5, 5.41) is 9.06. The molecule has 0 fully saturated rings. The molecule has 0 spiro atoms. The number of ether oxygens (including phenoxy) is 1. The fourth-order valence-electron chi connectivity index (χ4n) is 1.37. The number of hydrogen-bond donors (Lipinski definition) is 1. The van der Waals surface area contributed by atoms with E-state index in [4.69, 9.17) is 9.84 Å². The molecule has 0 atom stereocenters. The van der Waals surface area contributed by atoms with Gasteiger partial charge in [-0.2, -0.15) is 0 Å². The molecule has 0 aliphatic carbocycles. The van der Waals surface area contributed by atoms with E-state index in [0.717, 1.165) is 5.56 Å². The van der Waals surface area contributed by atoms with Crippen LogP contribution in [0.3, 0.4) is 0 Å². The van der Waals surface area contributed by atoms with Crippen LogP contribution in [0.1, 0.15) is 15.9 Å². The smallest absolute Gasteiger partial charge is 0.339 e. The standard InChI is InChI=1S/C12H10N2O3/c1-8-2-3-11(10(4-8)12(15)16)17-9-5-13-7-14-6-9/h2-7H,1H3,(H,15,16). The Kier molecular flexibility index (Phi) is 3.00. The highest BCUT2D eigenvalue weighted by Gasteiger charge is 2.12. The molecule has 86 valence electrons. The Hall–Kier alpha value is -2.43. The van der Waals surface area contributed by atoms with E-state index in [2.05, 4.69) is 9.97 Å². The highest BCUT2D eigenvalue weighted by molar-refractivity contribution is 5.91. The average molecular weight is 230 g/mol. The molecule has 0 unspecified atom stereocenters. The van der Waals surface area contributed by atoms with Gasteiger partial charge in [-0.1, -0.05) is 11.6 Å². The number of carbonyl (C=O) groups is 1. The molecule has 0 saturated carbocycles. The van der Waals surface area contributed by atoms with Crippen molar-refractivity contribution in [2.75, 3.05) is 0 Å². The lowest BCUT2D eigenvalue weighted by atomic mass is 10.1. The number of hydrogen-bond acceptors (Lipinski definition) is 4. The van der Waals surface area contributed by atoms with Crippen LogP contribution < -0.4 is 4.74 Å². The fourth-order valence-corrected chi connectivity index (χ4v) is 1.37. The number of carboxylic acids is 1. The summed E-state index contributed by atoms with van der Waals surface area (Å²) in [4.78, 5) is 18.6. The van der Waals surface area contributed by atoms with Crippen molar-refractivity contribution in [3.05, 3.63) is 48.0 Å². The summed E-state index contributed by atoms with van der Waals surface area (Å²) in [6.07, 6.45) is 4.32. The number of aromatic carboxylic acids is 1. The van der Waals surface area contributed by atoms with Gasteiger partial charge < -0.3 is 9.84 Å². The average Bonchev–Trinajstić information content (AvgIpc) is 2.32. The molecule has 0 aliphatic heterocycles. The van der Waals surface area contributed by atoms with Gasteiger partial charge in [0.2, 0.25) is 0 Å². The Morgan fingerprint density at radius 3 is 2.65 bits per heavy atom. The van der Waals surface area contributed by atoms with Crippen LogP contribution >= 0.6 is 0 Å². The number of aromatic nitrogens is 2. The minimum absolute atomic E-state index is 0.119. The largest absolute Gasteiger partial charge is 0.478 e. The minimum Gasteiger partial charge on any atom is -0.478 e. The number of carboxylic acid groups (broad SMARTS) is 1. The highest BCUT2D eigenvalue weighted by atomic mass is 16.5. The molecule has 5 nitrogen and oxygen atoms in total. The third-order valence-corrected chi connectivity index (χ3v) is 2.13. The van der Waals surface area contributed by atoms with Gasteiger partial charge in [0, 0.05) is 0 Å². The van der Waals surface area contributed by atoms with Crippen molar-refractivity contribution in [3.63, 3.8) is 0 Å². The summed E-state index contributed by atoms with van der Waals surface area (Å²) >= 11 is 0. The zero-order valence-electron chi connectivity index (χ0n) is 9.12. The topological polar surface area (TPSA) is 72.3 Å². The second kappa shape index (κ2) is 4.61. The lowest BCUT2D eigenvalue weighted by Gasteiger charge is -2.08. The van der Waals surface area contributed by atoms with Crippen LogP contribution in [-0.2, 0) is 0 Å². The predicted octanol–water partition coefficient (Wildman–Crippen LogP) is 2.28. The van der Waals surface area contributed by atoms with Crippen molar-refractivity contribution in [1.29, 1.82) is 0 Å². The van der Waals surface area contributed by atoms with Gasteiger partial charge in [-0.25, -0.2) is 14.8 Å². The van der Waals surface area contributed by atoms with Gasteiger partial charge in [0.25, 0.3) is 0 Å². The van der Waals surface area contributed by atoms with Crippen molar-refractivity contribution < 1.29 is 14.6 Å². The summed E-state index contributed by atoms with van der Waals surface area (Å²) in [6.45, 7) is 1.82. The third kappa shape index (κ3) is 2.57. The molecule has 0 aliphatic rings. The zero-order valence-corrected chi connectivity index (χ0v) is 9.12. The summed E-state index contributed by atoms with van der Waals surface area (Å²) in [5.74, 6) is -0.350. The molecule has 0 amide bonds. The quantitative estimate of drug-likeness (QED) is 0.875. The van der Waals surface area contributed by atoms with Gasteiger partial charge in [-0.3, -0.25) is 0 Å². The Labute approximate surface area is 97.7 Å². The van der Waals surface area contributed by atoms with E-state index in [1.165, 1.54) is 18.7 Å². The molecule has 1 aromatic heterocycles. The lowest BCUT2D eigenvalue weighted by Crippen LogP contribution is -2.00. The van der Waals surface area contributed by atoms with Crippen LogP contribution in [-0.4, -0.2) is 21.0 Å². The summed E-state index contributed by atoms with van der Waals surface area (Å²) < 4.78 is 5.42. The summed E-state index contributed by atoms with van der Waals surface area (Å²) in [5.41, 5.74) is 0.980. The van der Waals surface area contributed by atoms with Crippen LogP contribution in [0, 0.1) is 6.92 Å². The van der Waals surface area contributed by atoms with E-state index in [9.17, 15) is 4.79 Å². The minimum atomic E-state index is -1.03. The summed E-state index contributed by atoms with van der Waals surface area (Å²) in [6, 6.07) is 4.96. The molecule has 17 heavy (non-hydrogen) atoms. The second-order valence-electron chi connectivity index (χ2n) is 3.48. The molecule has 2 rings (SSSR count). The summed E-state index contributed by atoms with van der Waals surface area (Å²) in [7, 11) is 0. The fraction of sp³-hybridized carbons (Fsp3) is 0.0833. The Morgan fingerprint density at radius 1 is 1.29 bits per heavy atom. The molecule has 0 saturated heterocycles. The van der Waals surface area contributed by atoms with E-state index in [0.29, 0.717) is 5.75 Å². The van der Waals surface area contributed by atoms with Crippen molar-refractivity contribution in [2.24, 2.45) is 0 Å². The van der Waals surface area contributed by atoms with Crippen LogP contribution in [0.15, 0.2) is 36.9 Å². The van der Waals surface area contributed by atoms with E-state index in [1.54, 1.807) is 18.2 Å². The maximum absolute atomic E-state index is 11.1. The zero-order chi connectivity index (χ0) is 12.3. The molecular weight excluding hydrogens is 220 g/mol. The van der Waals surface area contributed by atoms with Gasteiger partial charge in [-0.15, -0.1) is 0 Å². The van der Waals surface area contributed by atoms with E-state index in [-0.39, 0.29) is 11.3 Å². The van der Waals surface area contributed by atoms with Crippen LogP contribution in [0.4, 0.5) is 0 Å². The first kappa shape index (κ1) is 11.1. The highest BCUT2D eigenvalue weighted by Crippen LogP contribution is 2.25.